The number of methoxy groups -OCH3 is 1. The van der Waals surface area contributed by atoms with Crippen molar-refractivity contribution in [1.29, 1.82) is 0 Å². The highest BCUT2D eigenvalue weighted by atomic mass is 35.5. The molecule has 1 aromatic rings. The van der Waals surface area contributed by atoms with Crippen molar-refractivity contribution >= 4 is 23.5 Å². The predicted molar refractivity (Wildman–Crippen MR) is 78.8 cm³/mol. The standard InChI is InChI=1S/C15H18ClNO4/c1-9-5-11(15(19)20)8-17(7-9)14(18)10-3-4-12(16)13(6-10)21-2/h3-4,6,9,11H,5,7-8H2,1-2H3,(H,19,20). The van der Waals surface area contributed by atoms with Crippen molar-refractivity contribution in [3.05, 3.63) is 28.8 Å². The van der Waals surface area contributed by atoms with Crippen molar-refractivity contribution in [2.24, 2.45) is 11.8 Å². The maximum atomic E-state index is 12.5. The number of rotatable bonds is 3. The molecule has 1 aliphatic rings. The zero-order valence-corrected chi connectivity index (χ0v) is 12.8. The van der Waals surface area contributed by atoms with Gasteiger partial charge in [0.1, 0.15) is 5.75 Å². The van der Waals surface area contributed by atoms with E-state index in [2.05, 4.69) is 0 Å². The number of amides is 1. The number of nitrogens with zero attached hydrogens (tertiary/aromatic N) is 1. The minimum absolute atomic E-state index is 0.165. The molecule has 5 nitrogen and oxygen atoms in total. The van der Waals surface area contributed by atoms with Crippen LogP contribution in [0.5, 0.6) is 5.75 Å². The van der Waals surface area contributed by atoms with E-state index in [4.69, 9.17) is 21.4 Å². The van der Waals surface area contributed by atoms with Crippen LogP contribution in [-0.4, -0.2) is 42.1 Å². The number of ether oxygens (including phenoxy) is 1. The smallest absolute Gasteiger partial charge is 0.308 e. The van der Waals surface area contributed by atoms with Gasteiger partial charge in [0.2, 0.25) is 0 Å². The van der Waals surface area contributed by atoms with E-state index in [1.54, 1.807) is 23.1 Å². The van der Waals surface area contributed by atoms with Crippen molar-refractivity contribution in [3.8, 4) is 5.75 Å². The molecule has 0 bridgehead atoms. The molecule has 0 aromatic heterocycles. The summed E-state index contributed by atoms with van der Waals surface area (Å²) in [5.41, 5.74) is 0.453. The molecule has 1 fully saturated rings. The molecule has 1 saturated heterocycles. The first-order chi connectivity index (χ1) is 9.92. The van der Waals surface area contributed by atoms with E-state index in [1.165, 1.54) is 7.11 Å². The van der Waals surface area contributed by atoms with Crippen molar-refractivity contribution in [3.63, 3.8) is 0 Å². The number of carbonyl (C=O) groups excluding carboxylic acids is 1. The summed E-state index contributed by atoms with van der Waals surface area (Å²) in [5.74, 6) is -0.956. The Balaban J connectivity index is 2.20. The van der Waals surface area contributed by atoms with Gasteiger partial charge >= 0.3 is 5.97 Å². The van der Waals surface area contributed by atoms with Crippen LogP contribution in [0.15, 0.2) is 18.2 Å². The average Bonchev–Trinajstić information content (AvgIpc) is 2.46. The predicted octanol–water partition coefficient (Wildman–Crippen LogP) is 2.53. The van der Waals surface area contributed by atoms with E-state index in [-0.39, 0.29) is 18.4 Å². The lowest BCUT2D eigenvalue weighted by Crippen LogP contribution is -2.45. The largest absolute Gasteiger partial charge is 0.495 e. The monoisotopic (exact) mass is 311 g/mol. The molecule has 1 aromatic carbocycles. The summed E-state index contributed by atoms with van der Waals surface area (Å²) in [6, 6.07) is 4.82. The maximum absolute atomic E-state index is 12.5. The van der Waals surface area contributed by atoms with Crippen LogP contribution in [-0.2, 0) is 4.79 Å². The first-order valence-electron chi connectivity index (χ1n) is 6.78. The van der Waals surface area contributed by atoms with E-state index in [9.17, 15) is 9.59 Å². The Morgan fingerprint density at radius 2 is 2.10 bits per heavy atom. The summed E-state index contributed by atoms with van der Waals surface area (Å²) in [4.78, 5) is 25.3. The molecule has 6 heteroatoms. The Kier molecular flexibility index (Phi) is 4.73. The highest BCUT2D eigenvalue weighted by Crippen LogP contribution is 2.27. The molecule has 1 amide bonds. The van der Waals surface area contributed by atoms with Gasteiger partial charge in [-0.25, -0.2) is 0 Å². The van der Waals surface area contributed by atoms with Gasteiger partial charge in [0.15, 0.2) is 0 Å². The van der Waals surface area contributed by atoms with Gasteiger partial charge in [-0.1, -0.05) is 18.5 Å². The number of aliphatic carboxylic acids is 1. The molecule has 1 N–H and O–H groups in total. The lowest BCUT2D eigenvalue weighted by molar-refractivity contribution is -0.143. The number of carbonyl (C=O) groups is 2. The fourth-order valence-corrected chi connectivity index (χ4v) is 2.87. The maximum Gasteiger partial charge on any atom is 0.308 e. The summed E-state index contributed by atoms with van der Waals surface area (Å²) in [6.45, 7) is 2.76. The minimum atomic E-state index is -0.854. The minimum Gasteiger partial charge on any atom is -0.495 e. The third-order valence-corrected chi connectivity index (χ3v) is 4.01. The normalized spacial score (nSPS) is 22.0. The average molecular weight is 312 g/mol. The quantitative estimate of drug-likeness (QED) is 0.931. The zero-order chi connectivity index (χ0) is 15.6. The number of benzene rings is 1. The summed E-state index contributed by atoms with van der Waals surface area (Å²) in [6.07, 6.45) is 0.600. The van der Waals surface area contributed by atoms with Gasteiger partial charge in [-0.15, -0.1) is 0 Å². The molecule has 2 atom stereocenters. The highest BCUT2D eigenvalue weighted by Gasteiger charge is 2.32. The van der Waals surface area contributed by atoms with Crippen LogP contribution >= 0.6 is 11.6 Å². The third-order valence-electron chi connectivity index (χ3n) is 3.69. The van der Waals surface area contributed by atoms with E-state index in [0.717, 1.165) is 0 Å². The lowest BCUT2D eigenvalue weighted by atomic mass is 9.90. The Morgan fingerprint density at radius 3 is 2.71 bits per heavy atom. The number of piperidine rings is 1. The van der Waals surface area contributed by atoms with E-state index in [1.807, 2.05) is 6.92 Å². The molecule has 0 spiro atoms. The molecule has 0 saturated carbocycles. The first kappa shape index (κ1) is 15.6. The molecule has 1 heterocycles. The Hall–Kier alpha value is -1.75. The Morgan fingerprint density at radius 1 is 1.38 bits per heavy atom. The topological polar surface area (TPSA) is 66.8 Å². The van der Waals surface area contributed by atoms with Crippen molar-refractivity contribution in [2.45, 2.75) is 13.3 Å². The van der Waals surface area contributed by atoms with Crippen LogP contribution in [0.3, 0.4) is 0 Å². The van der Waals surface area contributed by atoms with Crippen LogP contribution < -0.4 is 4.74 Å². The number of hydrogen-bond acceptors (Lipinski definition) is 3. The number of halogens is 1. The van der Waals surface area contributed by atoms with Gasteiger partial charge in [0.25, 0.3) is 5.91 Å². The van der Waals surface area contributed by atoms with E-state index >= 15 is 0 Å². The molecular formula is C15H18ClNO4. The van der Waals surface area contributed by atoms with Crippen molar-refractivity contribution in [1.82, 2.24) is 4.90 Å². The summed E-state index contributed by atoms with van der Waals surface area (Å²) in [7, 11) is 1.49. The van der Waals surface area contributed by atoms with Crippen molar-refractivity contribution < 1.29 is 19.4 Å². The summed E-state index contributed by atoms with van der Waals surface area (Å²) in [5, 5.41) is 9.60. The number of carboxylic acid groups (broad SMARTS) is 1. The van der Waals surface area contributed by atoms with Crippen LogP contribution in [0.2, 0.25) is 5.02 Å². The second-order valence-electron chi connectivity index (χ2n) is 5.44. The van der Waals surface area contributed by atoms with Crippen LogP contribution in [0.1, 0.15) is 23.7 Å². The van der Waals surface area contributed by atoms with E-state index in [0.29, 0.717) is 29.3 Å². The lowest BCUT2D eigenvalue weighted by Gasteiger charge is -2.34. The van der Waals surface area contributed by atoms with Gasteiger partial charge in [-0.05, 0) is 30.5 Å². The van der Waals surface area contributed by atoms with E-state index < -0.39 is 11.9 Å². The molecule has 21 heavy (non-hydrogen) atoms. The van der Waals surface area contributed by atoms with Crippen LogP contribution in [0.4, 0.5) is 0 Å². The molecule has 2 rings (SSSR count). The van der Waals surface area contributed by atoms with Gasteiger partial charge in [0.05, 0.1) is 18.1 Å². The highest BCUT2D eigenvalue weighted by molar-refractivity contribution is 6.32. The Labute approximate surface area is 128 Å². The second-order valence-corrected chi connectivity index (χ2v) is 5.84. The molecule has 1 aliphatic heterocycles. The fraction of sp³-hybridized carbons (Fsp3) is 0.467. The fourth-order valence-electron chi connectivity index (χ4n) is 2.67. The molecule has 0 radical (unpaired) electrons. The number of likely N-dealkylation sites (tertiary alicyclic amines) is 1. The van der Waals surface area contributed by atoms with Gasteiger partial charge in [0, 0.05) is 18.7 Å². The SMILES string of the molecule is COc1cc(C(=O)N2CC(C)CC(C(=O)O)C2)ccc1Cl. The summed E-state index contributed by atoms with van der Waals surface area (Å²) >= 11 is 5.95. The molecule has 0 aliphatic carbocycles. The van der Waals surface area contributed by atoms with Gasteiger partial charge in [-0.2, -0.15) is 0 Å². The third kappa shape index (κ3) is 3.47. The van der Waals surface area contributed by atoms with Gasteiger partial charge in [-0.3, -0.25) is 9.59 Å². The summed E-state index contributed by atoms with van der Waals surface area (Å²) < 4.78 is 5.11. The molecule has 2 unspecified atom stereocenters. The van der Waals surface area contributed by atoms with Crippen molar-refractivity contribution in [2.75, 3.05) is 20.2 Å². The zero-order valence-electron chi connectivity index (χ0n) is 12.0. The van der Waals surface area contributed by atoms with Gasteiger partial charge < -0.3 is 14.7 Å². The number of carboxylic acids is 1. The second kappa shape index (κ2) is 6.35. The first-order valence-corrected chi connectivity index (χ1v) is 7.15. The molecular weight excluding hydrogens is 294 g/mol. The molecule has 114 valence electrons. The van der Waals surface area contributed by atoms with Crippen LogP contribution in [0.25, 0.3) is 0 Å². The number of hydrogen-bond donors (Lipinski definition) is 1. The van der Waals surface area contributed by atoms with Crippen LogP contribution in [0, 0.1) is 11.8 Å². The Bertz CT molecular complexity index is 561.